The van der Waals surface area contributed by atoms with Crippen LogP contribution in [0.3, 0.4) is 0 Å². The highest BCUT2D eigenvalue weighted by Crippen LogP contribution is 2.32. The van der Waals surface area contributed by atoms with Crippen LogP contribution in [0.4, 0.5) is 29.1 Å². The maximum atomic E-state index is 13.6. The van der Waals surface area contributed by atoms with Gasteiger partial charge in [0, 0.05) is 25.0 Å². The van der Waals surface area contributed by atoms with Gasteiger partial charge in [0.2, 0.25) is 0 Å². The lowest BCUT2D eigenvalue weighted by atomic mass is 10.1. The summed E-state index contributed by atoms with van der Waals surface area (Å²) >= 11 is 0. The summed E-state index contributed by atoms with van der Waals surface area (Å²) in [5, 5.41) is 7.60. The SMILES string of the molecule is NS(=O)c1cc(NC(=O)c2cc(C(F)(F)F)cnc2N2CCCCC2)ccc1F. The minimum atomic E-state index is -4.66. The van der Waals surface area contributed by atoms with E-state index in [1.165, 1.54) is 6.07 Å². The number of nitrogens with one attached hydrogen (secondary N) is 1. The Kier molecular flexibility index (Phi) is 6.18. The van der Waals surface area contributed by atoms with Crippen LogP contribution in [-0.4, -0.2) is 28.2 Å². The molecule has 0 spiro atoms. The van der Waals surface area contributed by atoms with Crippen molar-refractivity contribution in [3.63, 3.8) is 0 Å². The standard InChI is InChI=1S/C18H18F4N4O2S/c19-14-5-4-12(9-15(14)29(23)28)25-17(27)13-8-11(18(20,21)22)10-24-16(13)26-6-2-1-3-7-26/h4-5,8-10H,1-3,6-7,23H2,(H,25,27). The summed E-state index contributed by atoms with van der Waals surface area (Å²) in [6, 6.07) is 3.99. The van der Waals surface area contributed by atoms with Gasteiger partial charge in [-0.05, 0) is 43.5 Å². The van der Waals surface area contributed by atoms with E-state index >= 15 is 0 Å². The van der Waals surface area contributed by atoms with Crippen molar-refractivity contribution >= 4 is 28.4 Å². The molecule has 1 aliphatic heterocycles. The van der Waals surface area contributed by atoms with Crippen LogP contribution >= 0.6 is 0 Å². The van der Waals surface area contributed by atoms with E-state index in [2.05, 4.69) is 10.3 Å². The van der Waals surface area contributed by atoms with E-state index < -0.39 is 34.4 Å². The van der Waals surface area contributed by atoms with Crippen molar-refractivity contribution in [2.75, 3.05) is 23.3 Å². The summed E-state index contributed by atoms with van der Waals surface area (Å²) in [5.41, 5.74) is -1.25. The number of halogens is 4. The number of carbonyl (C=O) groups excluding carboxylic acids is 1. The second-order valence-corrected chi connectivity index (χ2v) is 7.57. The third-order valence-electron chi connectivity index (χ3n) is 4.50. The maximum absolute atomic E-state index is 13.6. The lowest BCUT2D eigenvalue weighted by Crippen LogP contribution is -2.32. The molecule has 6 nitrogen and oxygen atoms in total. The smallest absolute Gasteiger partial charge is 0.356 e. The van der Waals surface area contributed by atoms with Crippen LogP contribution in [-0.2, 0) is 17.2 Å². The summed E-state index contributed by atoms with van der Waals surface area (Å²) in [6.07, 6.45) is -1.29. The quantitative estimate of drug-likeness (QED) is 0.728. The van der Waals surface area contributed by atoms with E-state index in [1.54, 1.807) is 4.90 Å². The van der Waals surface area contributed by atoms with Crippen molar-refractivity contribution in [1.82, 2.24) is 4.98 Å². The number of aromatic nitrogens is 1. The molecule has 1 aromatic carbocycles. The number of anilines is 2. The number of piperidine rings is 1. The molecule has 1 saturated heterocycles. The first kappa shape index (κ1) is 21.2. The van der Waals surface area contributed by atoms with Crippen molar-refractivity contribution in [2.45, 2.75) is 30.3 Å². The topological polar surface area (TPSA) is 88.3 Å². The molecule has 0 aliphatic carbocycles. The number of pyridine rings is 1. The van der Waals surface area contributed by atoms with E-state index in [4.69, 9.17) is 5.14 Å². The van der Waals surface area contributed by atoms with Crippen LogP contribution in [0.2, 0.25) is 0 Å². The zero-order chi connectivity index (χ0) is 21.2. The predicted molar refractivity (Wildman–Crippen MR) is 100 cm³/mol. The Bertz CT molecular complexity index is 946. The molecule has 11 heteroatoms. The van der Waals surface area contributed by atoms with Gasteiger partial charge in [0.1, 0.15) is 22.6 Å². The number of alkyl halides is 3. The molecule has 1 atom stereocenters. The molecule has 29 heavy (non-hydrogen) atoms. The van der Waals surface area contributed by atoms with Crippen LogP contribution in [0, 0.1) is 5.82 Å². The van der Waals surface area contributed by atoms with Gasteiger partial charge in [-0.2, -0.15) is 13.2 Å². The van der Waals surface area contributed by atoms with E-state index in [0.717, 1.165) is 37.5 Å². The second-order valence-electron chi connectivity index (χ2n) is 6.54. The number of hydrogen-bond donors (Lipinski definition) is 2. The van der Waals surface area contributed by atoms with Gasteiger partial charge >= 0.3 is 6.18 Å². The molecule has 1 amide bonds. The minimum absolute atomic E-state index is 0.0483. The molecule has 3 N–H and O–H groups in total. The lowest BCUT2D eigenvalue weighted by molar-refractivity contribution is -0.137. The van der Waals surface area contributed by atoms with Crippen LogP contribution in [0.25, 0.3) is 0 Å². The van der Waals surface area contributed by atoms with Crippen LogP contribution < -0.4 is 15.4 Å². The normalized spacial score (nSPS) is 15.8. The molecule has 0 saturated carbocycles. The Labute approximate surface area is 166 Å². The Morgan fingerprint density at radius 3 is 2.48 bits per heavy atom. The van der Waals surface area contributed by atoms with E-state index in [9.17, 15) is 26.6 Å². The number of hydrogen-bond acceptors (Lipinski definition) is 4. The highest BCUT2D eigenvalue weighted by Gasteiger charge is 2.33. The maximum Gasteiger partial charge on any atom is 0.417 e. The Morgan fingerprint density at radius 1 is 1.17 bits per heavy atom. The molecule has 0 bridgehead atoms. The zero-order valence-corrected chi connectivity index (χ0v) is 15.9. The first-order valence-corrected chi connectivity index (χ1v) is 9.97. The lowest BCUT2D eigenvalue weighted by Gasteiger charge is -2.29. The largest absolute Gasteiger partial charge is 0.417 e. The van der Waals surface area contributed by atoms with Gasteiger partial charge in [0.25, 0.3) is 5.91 Å². The molecule has 156 valence electrons. The Morgan fingerprint density at radius 2 is 1.86 bits per heavy atom. The summed E-state index contributed by atoms with van der Waals surface area (Å²) in [4.78, 5) is 18.1. The highest BCUT2D eigenvalue weighted by molar-refractivity contribution is 7.82. The van der Waals surface area contributed by atoms with Crippen molar-refractivity contribution in [2.24, 2.45) is 5.14 Å². The summed E-state index contributed by atoms with van der Waals surface area (Å²) in [7, 11) is -2.13. The number of carbonyl (C=O) groups is 1. The second kappa shape index (κ2) is 8.46. The van der Waals surface area contributed by atoms with Gasteiger partial charge < -0.3 is 10.2 Å². The molecule has 0 radical (unpaired) electrons. The van der Waals surface area contributed by atoms with Gasteiger partial charge in [0.15, 0.2) is 0 Å². The Balaban J connectivity index is 1.97. The molecular formula is C18H18F4N4O2S. The van der Waals surface area contributed by atoms with E-state index in [0.29, 0.717) is 19.3 Å². The molecule has 1 aromatic heterocycles. The van der Waals surface area contributed by atoms with Crippen molar-refractivity contribution < 1.29 is 26.6 Å². The molecule has 2 heterocycles. The van der Waals surface area contributed by atoms with Crippen molar-refractivity contribution in [1.29, 1.82) is 0 Å². The summed E-state index contributed by atoms with van der Waals surface area (Å²) in [5.74, 6) is -1.51. The van der Waals surface area contributed by atoms with E-state index in [1.807, 2.05) is 0 Å². The van der Waals surface area contributed by atoms with Gasteiger partial charge in [-0.15, -0.1) is 0 Å². The van der Waals surface area contributed by atoms with Crippen molar-refractivity contribution in [3.8, 4) is 0 Å². The number of nitrogens with two attached hydrogens (primary N) is 1. The number of rotatable bonds is 4. The highest BCUT2D eigenvalue weighted by atomic mass is 32.2. The first-order valence-electron chi connectivity index (χ1n) is 8.76. The molecule has 1 fully saturated rings. The van der Waals surface area contributed by atoms with Crippen LogP contribution in [0.5, 0.6) is 0 Å². The first-order chi connectivity index (χ1) is 13.7. The average molecular weight is 430 g/mol. The van der Waals surface area contributed by atoms with Crippen molar-refractivity contribution in [3.05, 3.63) is 47.4 Å². The van der Waals surface area contributed by atoms with Crippen LogP contribution in [0.15, 0.2) is 35.4 Å². The molecule has 1 aliphatic rings. The Hall–Kier alpha value is -2.53. The summed E-state index contributed by atoms with van der Waals surface area (Å²) in [6.45, 7) is 1.15. The molecule has 1 unspecified atom stereocenters. The third-order valence-corrected chi connectivity index (χ3v) is 5.25. The van der Waals surface area contributed by atoms with Gasteiger partial charge in [-0.3, -0.25) is 4.79 Å². The fraction of sp³-hybridized carbons (Fsp3) is 0.333. The predicted octanol–water partition coefficient (Wildman–Crippen LogP) is 3.46. The number of amides is 1. The van der Waals surface area contributed by atoms with Gasteiger partial charge in [-0.25, -0.2) is 18.7 Å². The van der Waals surface area contributed by atoms with E-state index in [-0.39, 0.29) is 22.0 Å². The van der Waals surface area contributed by atoms with Crippen LogP contribution in [0.1, 0.15) is 35.2 Å². The zero-order valence-electron chi connectivity index (χ0n) is 15.1. The fourth-order valence-electron chi connectivity index (χ4n) is 3.07. The minimum Gasteiger partial charge on any atom is -0.356 e. The molecule has 2 aromatic rings. The number of benzene rings is 1. The van der Waals surface area contributed by atoms with Gasteiger partial charge in [0.05, 0.1) is 16.0 Å². The molecule has 3 rings (SSSR count). The number of nitrogens with zero attached hydrogens (tertiary/aromatic N) is 2. The molecular weight excluding hydrogens is 412 g/mol. The average Bonchev–Trinajstić information content (AvgIpc) is 2.68. The fourth-order valence-corrected chi connectivity index (χ4v) is 3.57. The monoisotopic (exact) mass is 430 g/mol. The van der Waals surface area contributed by atoms with Gasteiger partial charge in [-0.1, -0.05) is 0 Å². The third kappa shape index (κ3) is 4.91. The summed E-state index contributed by atoms with van der Waals surface area (Å²) < 4.78 is 64.5.